The molecule has 4 nitrogen and oxygen atoms in total. The van der Waals surface area contributed by atoms with E-state index in [0.29, 0.717) is 0 Å². The highest BCUT2D eigenvalue weighted by molar-refractivity contribution is 7.15. The maximum Gasteiger partial charge on any atom is 0.127 e. The molecule has 48 heavy (non-hydrogen) atoms. The molecule has 0 amide bonds. The molecule has 0 aliphatic rings. The third kappa shape index (κ3) is 7.69. The van der Waals surface area contributed by atoms with Gasteiger partial charge in [-0.3, -0.25) is 0 Å². The first kappa shape index (κ1) is 34.6. The van der Waals surface area contributed by atoms with Crippen LogP contribution >= 0.6 is 9.24 Å². The summed E-state index contributed by atoms with van der Waals surface area (Å²) in [4.78, 5) is 0. The van der Waals surface area contributed by atoms with Gasteiger partial charge in [0.2, 0.25) is 0 Å². The van der Waals surface area contributed by atoms with Gasteiger partial charge >= 0.3 is 0 Å². The average Bonchev–Trinajstić information content (AvgIpc) is 3.17. The normalized spacial score (nSPS) is 10.9. The van der Waals surface area contributed by atoms with Gasteiger partial charge in [-0.15, -0.1) is 9.24 Å². The van der Waals surface area contributed by atoms with E-state index in [1.807, 2.05) is 61.3 Å². The summed E-state index contributed by atoms with van der Waals surface area (Å²) >= 11 is 0. The minimum absolute atomic E-state index is 0.0611. The minimum Gasteiger partial charge on any atom is -0.491 e. The quantitative estimate of drug-likeness (QED) is 0.102. The van der Waals surface area contributed by atoms with Crippen molar-refractivity contribution in [2.45, 2.75) is 12.3 Å². The number of benzene rings is 6. The van der Waals surface area contributed by atoms with Gasteiger partial charge in [0.05, 0.1) is 13.2 Å². The van der Waals surface area contributed by atoms with Crippen molar-refractivity contribution in [3.63, 3.8) is 0 Å². The Morgan fingerprint density at radius 2 is 0.812 bits per heavy atom. The first-order valence-corrected chi connectivity index (χ1v) is 17.4. The third-order valence-electron chi connectivity index (χ3n) is 8.55. The summed E-state index contributed by atoms with van der Waals surface area (Å²) in [5.41, 5.74) is 9.08. The number of hydrogen-bond donors (Lipinski definition) is 2. The van der Waals surface area contributed by atoms with Crippen LogP contribution in [0.3, 0.4) is 0 Å². The summed E-state index contributed by atoms with van der Waals surface area (Å²) in [6, 6.07) is 52.4. The minimum atomic E-state index is -0.576. The second-order valence-corrected chi connectivity index (χ2v) is 11.4. The molecule has 2 N–H and O–H groups in total. The van der Waals surface area contributed by atoms with Crippen molar-refractivity contribution >= 4 is 9.24 Å². The number of aliphatic hydroxyl groups excluding tert-OH is 2. The van der Waals surface area contributed by atoms with Crippen molar-refractivity contribution in [2.24, 2.45) is 0 Å². The van der Waals surface area contributed by atoms with E-state index in [4.69, 9.17) is 9.47 Å². The zero-order chi connectivity index (χ0) is 33.8. The number of ether oxygens (including phenoxy) is 2. The van der Waals surface area contributed by atoms with Gasteiger partial charge < -0.3 is 19.7 Å². The van der Waals surface area contributed by atoms with Gasteiger partial charge in [0.15, 0.2) is 0 Å². The summed E-state index contributed by atoms with van der Waals surface area (Å²) in [7, 11) is 2.42. The molecule has 6 aromatic rings. The fourth-order valence-corrected chi connectivity index (χ4v) is 6.06. The van der Waals surface area contributed by atoms with E-state index in [1.165, 1.54) is 5.56 Å². The molecule has 6 rings (SSSR count). The second kappa shape index (κ2) is 16.9. The summed E-state index contributed by atoms with van der Waals surface area (Å²) in [5.74, 6) is 1.45. The molecule has 244 valence electrons. The molecule has 1 atom stereocenters. The first-order chi connectivity index (χ1) is 23.6. The number of rotatable bonds is 12. The van der Waals surface area contributed by atoms with Gasteiger partial charge in [0.25, 0.3) is 0 Å². The molecular formula is C43H43O4P. The van der Waals surface area contributed by atoms with Crippen LogP contribution < -0.4 is 9.47 Å². The Morgan fingerprint density at radius 3 is 1.21 bits per heavy atom. The van der Waals surface area contributed by atoms with E-state index in [2.05, 4.69) is 113 Å². The molecule has 0 aromatic heterocycles. The van der Waals surface area contributed by atoms with Crippen LogP contribution in [0.1, 0.15) is 23.6 Å². The van der Waals surface area contributed by atoms with Crippen molar-refractivity contribution in [1.29, 1.82) is 0 Å². The first-order valence-electron chi connectivity index (χ1n) is 16.2. The smallest absolute Gasteiger partial charge is 0.127 e. The lowest BCUT2D eigenvalue weighted by Crippen LogP contribution is -2.25. The largest absolute Gasteiger partial charge is 0.491 e. The maximum absolute atomic E-state index is 9.52. The average molecular weight is 655 g/mol. The zero-order valence-electron chi connectivity index (χ0n) is 27.6. The highest BCUT2D eigenvalue weighted by Gasteiger charge is 2.33. The third-order valence-corrected chi connectivity index (χ3v) is 8.55. The topological polar surface area (TPSA) is 58.9 Å². The maximum atomic E-state index is 9.52. The van der Waals surface area contributed by atoms with Crippen molar-refractivity contribution in [1.82, 2.24) is 0 Å². The summed E-state index contributed by atoms with van der Waals surface area (Å²) in [6.07, 6.45) is 0. The van der Waals surface area contributed by atoms with E-state index in [0.717, 1.165) is 56.0 Å². The van der Waals surface area contributed by atoms with Crippen LogP contribution in [0.15, 0.2) is 152 Å². The predicted molar refractivity (Wildman–Crippen MR) is 202 cm³/mol. The van der Waals surface area contributed by atoms with E-state index in [-0.39, 0.29) is 26.4 Å². The Balaban J connectivity index is 0.00000221. The number of hydrogen-bond acceptors (Lipinski definition) is 4. The summed E-state index contributed by atoms with van der Waals surface area (Å²) in [6.45, 7) is 4.49. The highest BCUT2D eigenvalue weighted by atomic mass is 31.0. The van der Waals surface area contributed by atoms with Crippen molar-refractivity contribution in [2.75, 3.05) is 33.1 Å². The molecule has 6 aromatic carbocycles. The molecule has 0 saturated carbocycles. The summed E-state index contributed by atoms with van der Waals surface area (Å²) in [5, 5.41) is 19.0. The Morgan fingerprint density at radius 1 is 0.458 bits per heavy atom. The lowest BCUT2D eigenvalue weighted by atomic mass is 9.70. The van der Waals surface area contributed by atoms with Gasteiger partial charge in [-0.2, -0.15) is 0 Å². The molecule has 0 bridgehead atoms. The van der Waals surface area contributed by atoms with E-state index >= 15 is 0 Å². The molecule has 0 aliphatic carbocycles. The van der Waals surface area contributed by atoms with E-state index < -0.39 is 5.41 Å². The molecule has 0 radical (unpaired) electrons. The Bertz CT molecular complexity index is 1760. The Hall–Kier alpha value is -4.73. The highest BCUT2D eigenvalue weighted by Crippen LogP contribution is 2.45. The molecule has 0 aliphatic heterocycles. The number of aliphatic hydroxyl groups is 2. The Labute approximate surface area is 286 Å². The molecule has 0 heterocycles. The van der Waals surface area contributed by atoms with Crippen LogP contribution in [0.5, 0.6) is 11.5 Å². The van der Waals surface area contributed by atoms with Crippen LogP contribution in [0.2, 0.25) is 0 Å². The fourth-order valence-electron chi connectivity index (χ4n) is 6.06. The van der Waals surface area contributed by atoms with Crippen LogP contribution in [0.4, 0.5) is 0 Å². The molecule has 0 fully saturated rings. The SMILES string of the molecule is CC(c1ccc(-c2ccccc2)cc1)(c1ccc(OCCO)c(-c2ccccc2)c1)c1ccc(OCCO)c(-c2ccccc2)c1.CP. The molecule has 0 spiro atoms. The predicted octanol–water partition coefficient (Wildman–Crippen LogP) is 9.28. The van der Waals surface area contributed by atoms with Gasteiger partial charge in [0, 0.05) is 16.5 Å². The van der Waals surface area contributed by atoms with Crippen molar-refractivity contribution in [3.05, 3.63) is 168 Å². The van der Waals surface area contributed by atoms with Crippen LogP contribution in [0.25, 0.3) is 33.4 Å². The molecular weight excluding hydrogens is 611 g/mol. The lowest BCUT2D eigenvalue weighted by molar-refractivity contribution is 0.202. The zero-order valence-corrected chi connectivity index (χ0v) is 28.7. The van der Waals surface area contributed by atoms with Gasteiger partial charge in [-0.1, -0.05) is 134 Å². The molecule has 1 unspecified atom stereocenters. The van der Waals surface area contributed by atoms with Crippen molar-refractivity contribution in [3.8, 4) is 44.9 Å². The second-order valence-electron chi connectivity index (χ2n) is 11.4. The Kier molecular flexibility index (Phi) is 12.2. The van der Waals surface area contributed by atoms with E-state index in [9.17, 15) is 10.2 Å². The standard InChI is InChI=1S/C42H38O4.CH5P/c1-42(35-19-17-32(18-20-35)31-11-5-2-6-12-31,36-21-23-40(45-27-25-43)38(29-36)33-13-7-3-8-14-33)37-22-24-41(46-28-26-44)39(30-37)34-15-9-4-10-16-34;1-2/h2-24,29-30,43-44H,25-28H2,1H3;2H2,1H3. The van der Waals surface area contributed by atoms with Gasteiger partial charge in [0.1, 0.15) is 24.7 Å². The molecule has 0 saturated heterocycles. The van der Waals surface area contributed by atoms with E-state index in [1.54, 1.807) is 0 Å². The van der Waals surface area contributed by atoms with Crippen LogP contribution in [0, 0.1) is 0 Å². The lowest BCUT2D eigenvalue weighted by Gasteiger charge is -2.33. The monoisotopic (exact) mass is 654 g/mol. The van der Waals surface area contributed by atoms with Gasteiger partial charge in [-0.05, 0) is 70.1 Å². The molecule has 5 heteroatoms. The fraction of sp³-hybridized carbons (Fsp3) is 0.163. The van der Waals surface area contributed by atoms with Crippen molar-refractivity contribution < 1.29 is 19.7 Å². The van der Waals surface area contributed by atoms with Crippen LogP contribution in [-0.2, 0) is 5.41 Å². The van der Waals surface area contributed by atoms with Gasteiger partial charge in [-0.25, -0.2) is 0 Å². The summed E-state index contributed by atoms with van der Waals surface area (Å²) < 4.78 is 12.1. The van der Waals surface area contributed by atoms with Crippen LogP contribution in [-0.4, -0.2) is 43.3 Å².